The first-order chi connectivity index (χ1) is 49.4. The summed E-state index contributed by atoms with van der Waals surface area (Å²) < 4.78 is 151. The van der Waals surface area contributed by atoms with Crippen LogP contribution in [0.25, 0.3) is 0 Å². The zero-order chi connectivity index (χ0) is 75.3. The Morgan fingerprint density at radius 2 is 0.933 bits per heavy atom. The molecule has 556 valence electrons. The molecule has 0 unspecified atom stereocenters. The van der Waals surface area contributed by atoms with Crippen molar-refractivity contribution in [2.45, 2.75) is 72.5 Å². The predicted molar refractivity (Wildman–Crippen MR) is 391 cm³/mol. The van der Waals surface area contributed by atoms with Crippen LogP contribution in [0.1, 0.15) is 55.2 Å². The van der Waals surface area contributed by atoms with Crippen LogP contribution < -0.4 is 39.0 Å². The minimum Gasteiger partial charge on any atom is -0.481 e. The number of carboxylic acids is 3. The number of rotatable bonds is 33. The van der Waals surface area contributed by atoms with Gasteiger partial charge in [-0.1, -0.05) is 69.6 Å². The number of sulfonamides is 3. The molecular weight excluding hydrogens is 1610 g/mol. The molecule has 1 fully saturated rings. The van der Waals surface area contributed by atoms with Crippen molar-refractivity contribution in [3.05, 3.63) is 179 Å². The Hall–Kier alpha value is -7.46. The van der Waals surface area contributed by atoms with E-state index in [1.165, 1.54) is 28.6 Å². The van der Waals surface area contributed by atoms with Crippen LogP contribution >= 0.6 is 104 Å². The monoisotopic (exact) mass is 1670 g/mol. The number of ether oxygens (including phenoxy) is 3. The lowest BCUT2D eigenvalue weighted by Crippen LogP contribution is -2.36. The van der Waals surface area contributed by atoms with Crippen LogP contribution in [0, 0.1) is 23.4 Å². The van der Waals surface area contributed by atoms with Crippen LogP contribution in [0.2, 0.25) is 30.1 Å². The number of anilines is 3. The fraction of sp³-hybridized carbons (Fsp3) is 0.270. The SMILES string of the molecule is O=C(O)C1CCN(CCCc2cc(Cl)ccc2Oc2cc(F)c(S(=O)(=O)Nc3cscn3)cc2Cl)CC1.O=C(O)CCNCCCc1cc(Cl)ccc1Oc1cc(F)c(S(=O)(=O)Nc2ncns2)cc1Cl.O=C(O)CNCCCc1cc(Cl)ccc1Oc1cc(F)c(S(=O)(=O)Nc2ncns2)cc1Cl. The lowest BCUT2D eigenvalue weighted by molar-refractivity contribution is -0.143. The van der Waals surface area contributed by atoms with Gasteiger partial charge in [0.1, 0.15) is 79.3 Å². The van der Waals surface area contributed by atoms with Crippen molar-refractivity contribution in [1.82, 2.24) is 39.2 Å². The fourth-order valence-corrected chi connectivity index (χ4v) is 16.2. The smallest absolute Gasteiger partial charge is 0.317 e. The van der Waals surface area contributed by atoms with E-state index < -0.39 is 80.1 Å². The maximum absolute atomic E-state index is 14.9. The Morgan fingerprint density at radius 3 is 1.31 bits per heavy atom. The van der Waals surface area contributed by atoms with Crippen molar-refractivity contribution in [2.75, 3.05) is 60.0 Å². The van der Waals surface area contributed by atoms with E-state index in [0.717, 1.165) is 103 Å². The maximum Gasteiger partial charge on any atom is 0.317 e. The third kappa shape index (κ3) is 24.8. The molecule has 9 aromatic rings. The molecule has 0 radical (unpaired) electrons. The summed E-state index contributed by atoms with van der Waals surface area (Å²) in [4.78, 5) is 43.8. The standard InChI is InChI=1S/C24H24Cl2FN3O5S2.C20H19Cl2FN4O5S2.C19H17Cl2FN4O5S2/c25-17-3-4-20(16(10-17)2-1-7-30-8-5-15(6-9-30)24(31)32)35-21-12-19(27)22(11-18(21)26)37(33,34)29-23-13-36-14-28-23;21-13-3-4-16(12(8-13)2-1-6-24-7-5-19(28)29)32-17-10-15(23)18(9-14(17)22)34(30,31)27-20-25-11-26-33-20;20-12-3-4-15(11(6-12)2-1-5-23-9-18(27)28)31-16-8-14(22)17(7-13(16)21)33(29,30)26-19-24-10-25-32-19/h3-4,10-15,29H,1-2,5-9H2,(H,31,32);3-4,8-11,24H,1-2,5-7H2,(H,28,29)(H,25,26,27);3-4,6-8,10,23H,1-2,5,9H2,(H,27,28)(H,24,25,26). The minimum absolute atomic E-state index is 0.0147. The predicted octanol–water partition coefficient (Wildman–Crippen LogP) is 14.7. The number of thiazole rings is 1. The van der Waals surface area contributed by atoms with E-state index in [-0.39, 0.29) is 67.3 Å². The summed E-state index contributed by atoms with van der Waals surface area (Å²) in [6.07, 6.45) is 7.27. The highest BCUT2D eigenvalue weighted by Crippen LogP contribution is 2.40. The molecule has 8 N–H and O–H groups in total. The van der Waals surface area contributed by atoms with Crippen LogP contribution in [0.15, 0.2) is 129 Å². The van der Waals surface area contributed by atoms with Crippen molar-refractivity contribution in [1.29, 1.82) is 0 Å². The molecule has 1 saturated heterocycles. The number of carbonyl (C=O) groups is 3. The number of hydrogen-bond donors (Lipinski definition) is 8. The van der Waals surface area contributed by atoms with Gasteiger partial charge in [-0.2, -0.15) is 8.75 Å². The van der Waals surface area contributed by atoms with Gasteiger partial charge in [-0.3, -0.25) is 28.5 Å². The largest absolute Gasteiger partial charge is 0.481 e. The van der Waals surface area contributed by atoms with E-state index in [1.807, 2.05) is 0 Å². The summed E-state index contributed by atoms with van der Waals surface area (Å²) in [6, 6.07) is 20.4. The second-order valence-electron chi connectivity index (χ2n) is 22.1. The number of likely N-dealkylation sites (tertiary alicyclic amines) is 1. The molecule has 10 rings (SSSR count). The molecule has 3 aromatic heterocycles. The number of piperidine rings is 1. The maximum atomic E-state index is 14.9. The fourth-order valence-electron chi connectivity index (χ4n) is 9.72. The van der Waals surface area contributed by atoms with E-state index in [0.29, 0.717) is 102 Å². The molecule has 1 aliphatic rings. The first kappa shape index (κ1) is 82.2. The van der Waals surface area contributed by atoms with Crippen LogP contribution in [0.3, 0.4) is 0 Å². The summed E-state index contributed by atoms with van der Waals surface area (Å²) in [7, 11) is -12.8. The number of nitrogens with zero attached hydrogens (tertiary/aromatic N) is 6. The van der Waals surface area contributed by atoms with E-state index in [4.69, 9.17) is 99.1 Å². The molecule has 0 bridgehead atoms. The third-order valence-electron chi connectivity index (χ3n) is 14.6. The molecule has 0 saturated carbocycles. The molecule has 0 amide bonds. The van der Waals surface area contributed by atoms with Gasteiger partial charge in [-0.25, -0.2) is 53.4 Å². The van der Waals surface area contributed by atoms with Crippen molar-refractivity contribution < 1.29 is 82.3 Å². The Bertz CT molecular complexity index is 4820. The molecule has 0 atom stereocenters. The number of aliphatic carboxylic acids is 3. The normalized spacial score (nSPS) is 12.7. The quantitative estimate of drug-likeness (QED) is 0.0177. The van der Waals surface area contributed by atoms with Gasteiger partial charge in [-0.15, -0.1) is 11.3 Å². The van der Waals surface area contributed by atoms with Gasteiger partial charge < -0.3 is 45.1 Å². The van der Waals surface area contributed by atoms with E-state index in [2.05, 4.69) is 53.4 Å². The zero-order valence-corrected chi connectivity index (χ0v) is 63.1. The molecule has 6 aromatic carbocycles. The van der Waals surface area contributed by atoms with Crippen molar-refractivity contribution in [3.63, 3.8) is 0 Å². The summed E-state index contributed by atoms with van der Waals surface area (Å²) in [5, 5.41) is 34.9. The van der Waals surface area contributed by atoms with Crippen LogP contribution in [-0.2, 0) is 63.7 Å². The minimum atomic E-state index is -4.29. The van der Waals surface area contributed by atoms with Crippen LogP contribution in [0.5, 0.6) is 34.5 Å². The Morgan fingerprint density at radius 1 is 0.519 bits per heavy atom. The van der Waals surface area contributed by atoms with E-state index >= 15 is 0 Å². The Kier molecular flexibility index (Phi) is 30.6. The number of aryl methyl sites for hydroxylation is 3. The average Bonchev–Trinajstić information content (AvgIpc) is 1.06. The molecule has 0 spiro atoms. The highest BCUT2D eigenvalue weighted by Gasteiger charge is 2.29. The summed E-state index contributed by atoms with van der Waals surface area (Å²) in [6.45, 7) is 3.47. The second-order valence-corrected chi connectivity index (χ2v) is 31.9. The van der Waals surface area contributed by atoms with E-state index in [9.17, 15) is 52.8 Å². The topological polar surface area (TPSA) is 370 Å². The van der Waals surface area contributed by atoms with Crippen molar-refractivity contribution in [2.24, 2.45) is 5.92 Å². The number of nitrogens with one attached hydrogen (secondary N) is 5. The van der Waals surface area contributed by atoms with Gasteiger partial charge in [0.25, 0.3) is 30.1 Å². The third-order valence-corrected chi connectivity index (χ3v) is 22.3. The molecule has 26 nitrogen and oxygen atoms in total. The molecule has 4 heterocycles. The number of benzene rings is 6. The number of halogens is 9. The lowest BCUT2D eigenvalue weighted by atomic mass is 9.97. The molecule has 104 heavy (non-hydrogen) atoms. The summed E-state index contributed by atoms with van der Waals surface area (Å²) in [5.41, 5.74) is 3.64. The second kappa shape index (κ2) is 38.7. The average molecular weight is 1670 g/mol. The van der Waals surface area contributed by atoms with Gasteiger partial charge in [-0.05, 0) is 174 Å². The Labute approximate surface area is 636 Å². The summed E-state index contributed by atoms with van der Waals surface area (Å²) in [5.74, 6) is -4.98. The highest BCUT2D eigenvalue weighted by atomic mass is 35.5. The van der Waals surface area contributed by atoms with Gasteiger partial charge in [0.05, 0.1) is 39.5 Å². The van der Waals surface area contributed by atoms with Crippen molar-refractivity contribution >= 4 is 168 Å². The van der Waals surface area contributed by atoms with E-state index in [1.54, 1.807) is 54.6 Å². The molecule has 0 aliphatic carbocycles. The molecular formula is C63H60Cl6F3N11O15S6. The van der Waals surface area contributed by atoms with Crippen LogP contribution in [0.4, 0.5) is 29.3 Å². The van der Waals surface area contributed by atoms with Crippen molar-refractivity contribution in [3.8, 4) is 34.5 Å². The molecule has 1 aliphatic heterocycles. The number of aromatic nitrogens is 5. The first-order valence-corrected chi connectivity index (χ1v) is 39.8. The van der Waals surface area contributed by atoms with Gasteiger partial charge in [0, 0.05) is 68.3 Å². The van der Waals surface area contributed by atoms with Crippen LogP contribution in [-0.4, -0.2) is 133 Å². The van der Waals surface area contributed by atoms with Gasteiger partial charge >= 0.3 is 17.9 Å². The zero-order valence-electron chi connectivity index (χ0n) is 53.6. The van der Waals surface area contributed by atoms with Gasteiger partial charge in [0.2, 0.25) is 10.3 Å². The highest BCUT2D eigenvalue weighted by molar-refractivity contribution is 7.93. The van der Waals surface area contributed by atoms with Gasteiger partial charge in [0.15, 0.2) is 5.82 Å². The number of hydrogen-bond acceptors (Lipinski definition) is 23. The molecule has 41 heteroatoms. The Balaban J connectivity index is 0.000000198. The first-order valence-electron chi connectivity index (χ1n) is 30.6. The summed E-state index contributed by atoms with van der Waals surface area (Å²) >= 11 is 39.9. The number of carboxylic acid groups (broad SMARTS) is 3. The lowest BCUT2D eigenvalue weighted by Gasteiger charge is -2.30.